The number of carbonyl (C=O) groups is 2. The highest BCUT2D eigenvalue weighted by molar-refractivity contribution is 5.93. The second-order valence-corrected chi connectivity index (χ2v) is 8.74. The Balaban J connectivity index is 1.75. The highest BCUT2D eigenvalue weighted by Crippen LogP contribution is 2.19. The number of H-pyrrole nitrogens is 1. The van der Waals surface area contributed by atoms with E-state index in [-0.39, 0.29) is 11.6 Å². The molecule has 1 aromatic heterocycles. The lowest BCUT2D eigenvalue weighted by Crippen LogP contribution is -2.47. The molecule has 0 bridgehead atoms. The second-order valence-electron chi connectivity index (χ2n) is 8.74. The van der Waals surface area contributed by atoms with Gasteiger partial charge in [-0.3, -0.25) is 9.69 Å². The van der Waals surface area contributed by atoms with Crippen molar-refractivity contribution in [1.82, 2.24) is 20.2 Å². The normalized spacial score (nSPS) is 17.4. The van der Waals surface area contributed by atoms with E-state index in [1.807, 2.05) is 20.8 Å². The number of likely N-dealkylation sites (tertiary alicyclic amines) is 1. The minimum atomic E-state index is -0.548. The predicted octanol–water partition coefficient (Wildman–Crippen LogP) is 2.59. The van der Waals surface area contributed by atoms with Crippen molar-refractivity contribution in [1.29, 1.82) is 0 Å². The largest absolute Gasteiger partial charge is 0.465 e. The van der Waals surface area contributed by atoms with Gasteiger partial charge in [0, 0.05) is 12.6 Å². The predicted molar refractivity (Wildman–Crippen MR) is 116 cm³/mol. The number of alkyl carbamates (subject to hydrolysis) is 1. The zero-order valence-electron chi connectivity index (χ0n) is 18.5. The van der Waals surface area contributed by atoms with E-state index in [1.54, 1.807) is 18.2 Å². The van der Waals surface area contributed by atoms with Gasteiger partial charge >= 0.3 is 12.1 Å². The van der Waals surface area contributed by atoms with E-state index in [0.717, 1.165) is 25.8 Å². The lowest BCUT2D eigenvalue weighted by Gasteiger charge is -2.35. The van der Waals surface area contributed by atoms with E-state index < -0.39 is 17.7 Å². The lowest BCUT2D eigenvalue weighted by atomic mass is 10.0. The molecule has 1 aromatic carbocycles. The van der Waals surface area contributed by atoms with Gasteiger partial charge in [0.05, 0.1) is 30.1 Å². The number of aromatic nitrogens is 2. The summed E-state index contributed by atoms with van der Waals surface area (Å²) in [5.41, 5.74) is -0.0103. The van der Waals surface area contributed by atoms with Crippen molar-refractivity contribution in [2.75, 3.05) is 20.2 Å². The van der Waals surface area contributed by atoms with Crippen molar-refractivity contribution in [3.8, 4) is 0 Å². The van der Waals surface area contributed by atoms with Gasteiger partial charge in [0.1, 0.15) is 11.4 Å². The van der Waals surface area contributed by atoms with Crippen molar-refractivity contribution in [2.45, 2.75) is 58.2 Å². The van der Waals surface area contributed by atoms with Crippen LogP contribution < -0.4 is 10.9 Å². The van der Waals surface area contributed by atoms with Crippen LogP contribution in [-0.2, 0) is 16.0 Å². The fourth-order valence-electron chi connectivity index (χ4n) is 3.71. The number of fused-ring (bicyclic) bond motifs is 1. The van der Waals surface area contributed by atoms with E-state index >= 15 is 0 Å². The third kappa shape index (κ3) is 6.04. The van der Waals surface area contributed by atoms with Crippen LogP contribution in [0.4, 0.5) is 4.79 Å². The monoisotopic (exact) mass is 430 g/mol. The van der Waals surface area contributed by atoms with E-state index in [4.69, 9.17) is 9.47 Å². The molecule has 9 heteroatoms. The van der Waals surface area contributed by atoms with Gasteiger partial charge in [0.25, 0.3) is 5.56 Å². The first-order chi connectivity index (χ1) is 14.7. The average Bonchev–Trinajstić information content (AvgIpc) is 2.71. The van der Waals surface area contributed by atoms with Crippen LogP contribution in [-0.4, -0.2) is 58.8 Å². The van der Waals surface area contributed by atoms with Gasteiger partial charge in [-0.2, -0.15) is 0 Å². The molecular weight excluding hydrogens is 400 g/mol. The maximum atomic E-state index is 12.5. The number of nitrogens with one attached hydrogen (secondary N) is 2. The summed E-state index contributed by atoms with van der Waals surface area (Å²) in [6.07, 6.45) is 2.60. The molecule has 1 aliphatic heterocycles. The molecule has 1 fully saturated rings. The summed E-state index contributed by atoms with van der Waals surface area (Å²) in [5.74, 6) is 0.0403. The summed E-state index contributed by atoms with van der Waals surface area (Å²) < 4.78 is 10.1. The molecule has 9 nitrogen and oxygen atoms in total. The first-order valence-electron chi connectivity index (χ1n) is 10.5. The molecule has 2 heterocycles. The maximum absolute atomic E-state index is 12.5. The minimum Gasteiger partial charge on any atom is -0.465 e. The summed E-state index contributed by atoms with van der Waals surface area (Å²) in [6, 6.07) is 4.81. The molecule has 3 rings (SSSR count). The Morgan fingerprint density at radius 1 is 1.29 bits per heavy atom. The molecule has 0 radical (unpaired) electrons. The van der Waals surface area contributed by atoms with Gasteiger partial charge in [-0.05, 0) is 58.4 Å². The molecule has 2 aromatic rings. The third-order valence-electron chi connectivity index (χ3n) is 5.16. The van der Waals surface area contributed by atoms with Crippen LogP contribution >= 0.6 is 0 Å². The SMILES string of the molecule is COC(=O)c1ccc2c(=O)[nH]c(CN3CCCCC3CNC(=O)OC(C)(C)C)nc2c1. The second kappa shape index (κ2) is 9.47. The number of carbonyl (C=O) groups excluding carboxylic acids is 2. The molecule has 1 aliphatic rings. The summed E-state index contributed by atoms with van der Waals surface area (Å²) in [5, 5.41) is 3.26. The Labute approximate surface area is 181 Å². The van der Waals surface area contributed by atoms with E-state index in [9.17, 15) is 14.4 Å². The quantitative estimate of drug-likeness (QED) is 0.701. The number of hydrogen-bond acceptors (Lipinski definition) is 7. The number of ether oxygens (including phenoxy) is 2. The summed E-state index contributed by atoms with van der Waals surface area (Å²) >= 11 is 0. The van der Waals surface area contributed by atoms with Crippen LogP contribution in [0.15, 0.2) is 23.0 Å². The number of amides is 1. The number of methoxy groups -OCH3 is 1. The molecule has 1 saturated heterocycles. The van der Waals surface area contributed by atoms with E-state index in [1.165, 1.54) is 7.11 Å². The topological polar surface area (TPSA) is 114 Å². The first-order valence-corrected chi connectivity index (χ1v) is 10.5. The lowest BCUT2D eigenvalue weighted by molar-refractivity contribution is 0.0490. The van der Waals surface area contributed by atoms with Gasteiger partial charge in [0.2, 0.25) is 0 Å². The number of piperidine rings is 1. The highest BCUT2D eigenvalue weighted by Gasteiger charge is 2.25. The molecule has 1 amide bonds. The molecule has 168 valence electrons. The number of aromatic amines is 1. The number of hydrogen-bond donors (Lipinski definition) is 2. The van der Waals surface area contributed by atoms with E-state index in [0.29, 0.717) is 35.4 Å². The summed E-state index contributed by atoms with van der Waals surface area (Å²) in [4.78, 5) is 46.0. The van der Waals surface area contributed by atoms with Crippen molar-refractivity contribution in [2.24, 2.45) is 0 Å². The molecule has 1 unspecified atom stereocenters. The van der Waals surface area contributed by atoms with Crippen molar-refractivity contribution in [3.05, 3.63) is 39.9 Å². The van der Waals surface area contributed by atoms with Crippen LogP contribution in [0.25, 0.3) is 10.9 Å². The summed E-state index contributed by atoms with van der Waals surface area (Å²) in [7, 11) is 1.31. The molecule has 31 heavy (non-hydrogen) atoms. The van der Waals surface area contributed by atoms with Gasteiger partial charge in [-0.25, -0.2) is 14.6 Å². The zero-order chi connectivity index (χ0) is 22.6. The van der Waals surface area contributed by atoms with Crippen molar-refractivity contribution in [3.63, 3.8) is 0 Å². The minimum absolute atomic E-state index is 0.115. The fourth-order valence-corrected chi connectivity index (χ4v) is 3.71. The number of benzene rings is 1. The van der Waals surface area contributed by atoms with Gasteiger partial charge in [0.15, 0.2) is 0 Å². The highest BCUT2D eigenvalue weighted by atomic mass is 16.6. The van der Waals surface area contributed by atoms with Crippen LogP contribution in [0.5, 0.6) is 0 Å². The van der Waals surface area contributed by atoms with Crippen LogP contribution in [0.1, 0.15) is 56.2 Å². The van der Waals surface area contributed by atoms with Gasteiger partial charge in [-0.15, -0.1) is 0 Å². The van der Waals surface area contributed by atoms with Crippen LogP contribution in [0.3, 0.4) is 0 Å². The molecule has 2 N–H and O–H groups in total. The van der Waals surface area contributed by atoms with Crippen LogP contribution in [0.2, 0.25) is 0 Å². The Morgan fingerprint density at radius 2 is 2.06 bits per heavy atom. The fraction of sp³-hybridized carbons (Fsp3) is 0.545. The average molecular weight is 431 g/mol. The van der Waals surface area contributed by atoms with Crippen LogP contribution in [0, 0.1) is 0 Å². The molecule has 0 saturated carbocycles. The Kier molecular flexibility index (Phi) is 6.94. The zero-order valence-corrected chi connectivity index (χ0v) is 18.5. The molecule has 0 spiro atoms. The Hall–Kier alpha value is -2.94. The third-order valence-corrected chi connectivity index (χ3v) is 5.16. The number of rotatable bonds is 5. The maximum Gasteiger partial charge on any atom is 0.407 e. The van der Waals surface area contributed by atoms with Gasteiger partial charge in [-0.1, -0.05) is 6.42 Å². The summed E-state index contributed by atoms with van der Waals surface area (Å²) in [6.45, 7) is 7.21. The van der Waals surface area contributed by atoms with E-state index in [2.05, 4.69) is 20.2 Å². The standard InChI is InChI=1S/C22H30N4O5/c1-22(2,3)31-21(29)23-12-15-7-5-6-10-26(15)13-18-24-17-11-14(20(28)30-4)8-9-16(17)19(27)25-18/h8-9,11,15H,5-7,10,12-13H2,1-4H3,(H,23,29)(H,24,25,27). The molecule has 1 atom stereocenters. The Morgan fingerprint density at radius 3 is 2.77 bits per heavy atom. The Bertz CT molecular complexity index is 1010. The van der Waals surface area contributed by atoms with Crippen molar-refractivity contribution < 1.29 is 19.1 Å². The number of esters is 1. The molecular formula is C22H30N4O5. The van der Waals surface area contributed by atoms with Crippen molar-refractivity contribution >= 4 is 23.0 Å². The number of nitrogens with zero attached hydrogens (tertiary/aromatic N) is 2. The van der Waals surface area contributed by atoms with Gasteiger partial charge < -0.3 is 19.8 Å². The smallest absolute Gasteiger partial charge is 0.407 e. The first kappa shape index (κ1) is 22.7. The molecule has 0 aliphatic carbocycles.